The van der Waals surface area contributed by atoms with E-state index >= 15 is 0 Å². The first-order chi connectivity index (χ1) is 40.3. The van der Waals surface area contributed by atoms with Gasteiger partial charge in [-0.25, -0.2) is 29.4 Å². The highest BCUT2D eigenvalue weighted by atomic mass is 16.5. The van der Waals surface area contributed by atoms with E-state index in [1.54, 1.807) is 71.4 Å². The fourth-order valence-electron chi connectivity index (χ4n) is 6.51. The Labute approximate surface area is 502 Å². The number of H-pyrrole nitrogens is 1. The van der Waals surface area contributed by atoms with Gasteiger partial charge in [0.15, 0.2) is 0 Å². The quantitative estimate of drug-likeness (QED) is 0.148. The van der Waals surface area contributed by atoms with Gasteiger partial charge in [0.2, 0.25) is 5.88 Å². The summed E-state index contributed by atoms with van der Waals surface area (Å²) >= 11 is 0. The van der Waals surface area contributed by atoms with Crippen molar-refractivity contribution in [2.24, 2.45) is 15.0 Å². The van der Waals surface area contributed by atoms with Crippen molar-refractivity contribution < 1.29 is 14.3 Å². The minimum Gasteiger partial charge on any atom is -0.481 e. The Morgan fingerprint density at radius 1 is 0.500 bits per heavy atom. The van der Waals surface area contributed by atoms with Gasteiger partial charge in [0.25, 0.3) is 28.6 Å². The first-order valence-electron chi connectivity index (χ1n) is 27.5. The molecule has 8 rings (SSSR count). The van der Waals surface area contributed by atoms with Gasteiger partial charge in [-0.05, 0) is 117 Å². The molecule has 27 heteroatoms. The Kier molecular flexibility index (Phi) is 33.0. The Morgan fingerprint density at radius 3 is 1.40 bits per heavy atom. The van der Waals surface area contributed by atoms with E-state index in [9.17, 15) is 33.6 Å². The number of aliphatic imine (C=N–C) groups is 3. The summed E-state index contributed by atoms with van der Waals surface area (Å²) in [6.45, 7) is 43.3. The number of amides is 1. The molecule has 468 valence electrons. The number of nitrogens with zero attached hydrogens (tertiary/aromatic N) is 16. The van der Waals surface area contributed by atoms with E-state index in [-0.39, 0.29) is 46.4 Å². The van der Waals surface area contributed by atoms with Gasteiger partial charge < -0.3 is 43.2 Å². The number of aromatic amines is 1. The van der Waals surface area contributed by atoms with E-state index in [0.717, 1.165) is 11.6 Å². The molecule has 0 saturated carbocycles. The lowest BCUT2D eigenvalue weighted by molar-refractivity contribution is -0.116. The van der Waals surface area contributed by atoms with E-state index in [4.69, 9.17) is 9.47 Å². The third-order valence-corrected chi connectivity index (χ3v) is 11.3. The molecule has 0 unspecified atom stereocenters. The Morgan fingerprint density at radius 2 is 1.01 bits per heavy atom. The van der Waals surface area contributed by atoms with Gasteiger partial charge in [-0.1, -0.05) is 19.7 Å². The van der Waals surface area contributed by atoms with E-state index in [0.29, 0.717) is 47.9 Å². The molecule has 0 aliphatic carbocycles. The number of hydrogen-bond acceptors (Lipinski definition) is 20. The van der Waals surface area contributed by atoms with E-state index in [1.165, 1.54) is 55.7 Å². The summed E-state index contributed by atoms with van der Waals surface area (Å²) in [4.78, 5) is 113. The van der Waals surface area contributed by atoms with Crippen LogP contribution in [0, 0.1) is 0 Å². The van der Waals surface area contributed by atoms with Crippen molar-refractivity contribution in [2.75, 3.05) is 14.2 Å². The molecule has 1 amide bonds. The molecule has 2 N–H and O–H groups in total. The molecule has 0 radical (unpaired) electrons. The maximum Gasteiger partial charge on any atom is 0.351 e. The number of rotatable bonds is 10. The highest BCUT2D eigenvalue weighted by Gasteiger charge is 2.15. The molecule has 0 aromatic carbocycles. The van der Waals surface area contributed by atoms with Gasteiger partial charge in [-0.2, -0.15) is 24.9 Å². The average molecular weight is 1190 g/mol. The summed E-state index contributed by atoms with van der Waals surface area (Å²) in [6, 6.07) is 8.66. The molecule has 3 aliphatic rings. The van der Waals surface area contributed by atoms with Crippen LogP contribution in [0.25, 0.3) is 0 Å². The predicted molar refractivity (Wildman–Crippen MR) is 338 cm³/mol. The molecule has 0 bridgehead atoms. The second-order valence-electron chi connectivity index (χ2n) is 20.6. The lowest BCUT2D eigenvalue weighted by atomic mass is 10.3. The lowest BCUT2D eigenvalue weighted by Gasteiger charge is -2.29. The summed E-state index contributed by atoms with van der Waals surface area (Å²) in [6.07, 6.45) is 23.3. The van der Waals surface area contributed by atoms with Crippen LogP contribution in [0.4, 0.5) is 0 Å². The van der Waals surface area contributed by atoms with Crippen LogP contribution in [-0.2, 0) is 4.79 Å². The largest absolute Gasteiger partial charge is 0.481 e. The van der Waals surface area contributed by atoms with Gasteiger partial charge in [-0.3, -0.25) is 33.3 Å². The third-order valence-electron chi connectivity index (χ3n) is 11.3. The number of aromatic nitrogens is 11. The van der Waals surface area contributed by atoms with Crippen molar-refractivity contribution in [3.05, 3.63) is 192 Å². The average Bonchev–Trinajstić information content (AvgIpc) is 3.55. The second-order valence-corrected chi connectivity index (χ2v) is 20.6. The first kappa shape index (κ1) is 74.3. The zero-order chi connectivity index (χ0) is 65.4. The Bertz CT molecular complexity index is 3320. The molecule has 0 atom stereocenters. The fraction of sp³-hybridized carbons (Fsp3) is 0.441. The third kappa shape index (κ3) is 27.6. The highest BCUT2D eigenvalue weighted by Crippen LogP contribution is 2.13. The molecule has 0 spiro atoms. The molecular weight excluding hydrogens is 1100 g/mol. The standard InChI is InChI=1S/2C8H12N2O2.C8H12N2O.C8H12N2.C7H11N3.2C7H10N2O.C6H9N3O2/c1-6(2)10-5-4-7(12-3)9-8(10)11;1-6(2)10-5-4-7(11)9-8(10)12-3;1-6(2)10-5-4-8(11)9-7(10)3;1-7(2)10-6-4-5-9-8(10)3;1-6(2)10-5-8-4-9-7(10)3;2*1-6(2)9-4-3-7(10)8-5-9;1-4(2)9-3-7-5(10)8-6(9)11/h2*4-6H,1-3H3;4-6H,3H2,1-2H3,(H,9,11);4-7H,3H2,1-2H3;4-6H,3H2,1-2H3;2*3-6H,1-2H3;3-4H,1-2H3,(H,8,10,11). The highest BCUT2D eigenvalue weighted by molar-refractivity contribution is 5.89. The number of ether oxygens (including phenoxy) is 2. The maximum atomic E-state index is 11.2. The summed E-state index contributed by atoms with van der Waals surface area (Å²) in [5.74, 6) is 2.47. The molecule has 0 saturated heterocycles. The van der Waals surface area contributed by atoms with Gasteiger partial charge in [0.1, 0.15) is 30.1 Å². The summed E-state index contributed by atoms with van der Waals surface area (Å²) in [5.41, 5.74) is -1.94. The molecule has 86 heavy (non-hydrogen) atoms. The zero-order valence-corrected chi connectivity index (χ0v) is 53.0. The number of nitrogens with one attached hydrogen (secondary N) is 2. The number of hydrogen-bond donors (Lipinski definition) is 2. The number of carbonyl (C=O) groups excluding carboxylic acids is 1. The molecule has 8 heterocycles. The van der Waals surface area contributed by atoms with E-state index in [2.05, 4.69) is 97.6 Å². The van der Waals surface area contributed by atoms with E-state index < -0.39 is 11.4 Å². The van der Waals surface area contributed by atoms with Gasteiger partial charge >= 0.3 is 17.1 Å². The predicted octanol–water partition coefficient (Wildman–Crippen LogP) is 6.64. The molecule has 5 aromatic rings. The molecule has 3 aliphatic heterocycles. The first-order valence-corrected chi connectivity index (χ1v) is 27.5. The van der Waals surface area contributed by atoms with Crippen LogP contribution in [0.15, 0.2) is 174 Å². The van der Waals surface area contributed by atoms with Crippen LogP contribution >= 0.6 is 0 Å². The lowest BCUT2D eigenvalue weighted by Crippen LogP contribution is -2.38. The van der Waals surface area contributed by atoms with Crippen LogP contribution in [0.2, 0.25) is 0 Å². The van der Waals surface area contributed by atoms with Crippen LogP contribution in [-0.4, -0.2) is 125 Å². The Balaban J connectivity index is 0.000000492. The molecule has 5 aromatic heterocycles. The normalized spacial score (nSPS) is 12.8. The summed E-state index contributed by atoms with van der Waals surface area (Å²) in [7, 11) is 2.99. The van der Waals surface area contributed by atoms with Crippen LogP contribution < -0.4 is 48.5 Å². The van der Waals surface area contributed by atoms with Crippen molar-refractivity contribution >= 4 is 24.8 Å². The summed E-state index contributed by atoms with van der Waals surface area (Å²) < 4.78 is 18.2. The van der Waals surface area contributed by atoms with Crippen LogP contribution in [0.5, 0.6) is 11.9 Å². The minimum absolute atomic E-state index is 0.0202. The van der Waals surface area contributed by atoms with E-state index in [1.807, 2.05) is 119 Å². The van der Waals surface area contributed by atoms with Crippen molar-refractivity contribution in [1.29, 1.82) is 0 Å². The fourth-order valence-corrected chi connectivity index (χ4v) is 6.51. The van der Waals surface area contributed by atoms with Crippen LogP contribution in [0.1, 0.15) is 141 Å². The van der Waals surface area contributed by atoms with Crippen molar-refractivity contribution in [1.82, 2.24) is 72.8 Å². The maximum absolute atomic E-state index is 11.2. The van der Waals surface area contributed by atoms with Crippen molar-refractivity contribution in [3.8, 4) is 11.9 Å². The van der Waals surface area contributed by atoms with Gasteiger partial charge in [0, 0.05) is 122 Å². The second kappa shape index (κ2) is 38.2. The topological polar surface area (TPSA) is 302 Å². The minimum atomic E-state index is -0.605. The van der Waals surface area contributed by atoms with Crippen LogP contribution in [0.3, 0.4) is 0 Å². The molecule has 0 fully saturated rings. The van der Waals surface area contributed by atoms with Gasteiger partial charge in [-0.15, -0.1) is 0 Å². The number of methoxy groups -OCH3 is 2. The van der Waals surface area contributed by atoms with Crippen molar-refractivity contribution in [3.63, 3.8) is 0 Å². The molecular formula is C59H88N18O9. The van der Waals surface area contributed by atoms with Crippen molar-refractivity contribution in [2.45, 2.75) is 159 Å². The SMILES string of the molecule is C=C1N=CC=CN1C(C)C.C=C1N=CN=CN1C(C)C.C=C1NC(=O)C=CN1C(C)C.CC(C)n1ccc(=O)nc1.CC(C)n1ccc(=O)nc1.CC(C)n1cnc(=O)[nH]c1=O.COc1ccn(C(C)C)c(=O)n1.COc1nc(=O)ccn1C(C)C. The molecule has 27 nitrogen and oxygen atoms in total. The summed E-state index contributed by atoms with van der Waals surface area (Å²) in [5, 5.41) is 2.62. The Hall–Kier alpha value is -9.69. The monoisotopic (exact) mass is 1190 g/mol. The zero-order valence-electron chi connectivity index (χ0n) is 53.0. The number of carbonyl (C=O) groups is 1. The smallest absolute Gasteiger partial charge is 0.351 e. The number of allylic oxidation sites excluding steroid dienone is 1. The van der Waals surface area contributed by atoms with Gasteiger partial charge in [0.05, 0.1) is 33.2 Å².